The average molecular weight is 288 g/mol. The van der Waals surface area contributed by atoms with E-state index in [0.717, 1.165) is 18.8 Å². The van der Waals surface area contributed by atoms with Crippen molar-refractivity contribution in [3.63, 3.8) is 0 Å². The predicted molar refractivity (Wildman–Crippen MR) is 84.2 cm³/mol. The standard InChI is InChI=1S/C16H24N4O/c1-11(12-5-3-2-4-6-12)14(9-21)20-16-13-7-8-17-15(13)18-10-19-16/h2-6,11,13-15,17-18,21H,7-10H2,1H3,(H,19,20). The Morgan fingerprint density at radius 2 is 2.14 bits per heavy atom. The summed E-state index contributed by atoms with van der Waals surface area (Å²) in [7, 11) is 0. The van der Waals surface area contributed by atoms with Crippen LogP contribution in [0, 0.1) is 5.92 Å². The van der Waals surface area contributed by atoms with Crippen LogP contribution in [0.15, 0.2) is 35.3 Å². The Morgan fingerprint density at radius 1 is 1.33 bits per heavy atom. The highest BCUT2D eigenvalue weighted by molar-refractivity contribution is 5.86. The average Bonchev–Trinajstić information content (AvgIpc) is 3.02. The van der Waals surface area contributed by atoms with Gasteiger partial charge in [-0.2, -0.15) is 0 Å². The highest BCUT2D eigenvalue weighted by atomic mass is 16.3. The number of amidine groups is 1. The van der Waals surface area contributed by atoms with Crippen LogP contribution >= 0.6 is 0 Å². The molecule has 4 unspecified atom stereocenters. The Kier molecular flexibility index (Phi) is 4.53. The third kappa shape index (κ3) is 3.10. The third-order valence-electron chi connectivity index (χ3n) is 4.59. The van der Waals surface area contributed by atoms with Crippen molar-refractivity contribution >= 4 is 5.84 Å². The number of fused-ring (bicyclic) bond motifs is 1. The molecule has 0 spiro atoms. The van der Waals surface area contributed by atoms with Crippen molar-refractivity contribution in [3.05, 3.63) is 35.9 Å². The van der Waals surface area contributed by atoms with Crippen molar-refractivity contribution in [1.82, 2.24) is 16.0 Å². The molecule has 0 aliphatic carbocycles. The smallest absolute Gasteiger partial charge is 0.104 e. The maximum absolute atomic E-state index is 9.78. The zero-order chi connectivity index (χ0) is 14.7. The number of aliphatic hydroxyl groups is 1. The first-order valence-electron chi connectivity index (χ1n) is 7.73. The number of rotatable bonds is 4. The molecule has 0 bridgehead atoms. The van der Waals surface area contributed by atoms with E-state index < -0.39 is 0 Å². The van der Waals surface area contributed by atoms with E-state index in [1.165, 1.54) is 5.56 Å². The molecule has 2 aliphatic rings. The van der Waals surface area contributed by atoms with E-state index >= 15 is 0 Å². The van der Waals surface area contributed by atoms with Gasteiger partial charge in [-0.1, -0.05) is 37.3 Å². The van der Waals surface area contributed by atoms with E-state index in [2.05, 4.69) is 40.0 Å². The topological polar surface area (TPSA) is 68.7 Å². The molecular formula is C16H24N4O. The van der Waals surface area contributed by atoms with Gasteiger partial charge in [0.15, 0.2) is 0 Å². The second kappa shape index (κ2) is 6.56. The number of nitrogens with zero attached hydrogens (tertiary/aromatic N) is 1. The normalized spacial score (nSPS) is 27.6. The monoisotopic (exact) mass is 288 g/mol. The van der Waals surface area contributed by atoms with Gasteiger partial charge in [0.25, 0.3) is 0 Å². The molecule has 2 heterocycles. The fourth-order valence-corrected chi connectivity index (χ4v) is 3.22. The van der Waals surface area contributed by atoms with Gasteiger partial charge in [-0.05, 0) is 18.5 Å². The number of aliphatic imine (C=N–C) groups is 1. The lowest BCUT2D eigenvalue weighted by Gasteiger charge is -2.32. The summed E-state index contributed by atoms with van der Waals surface area (Å²) in [6, 6.07) is 10.3. The van der Waals surface area contributed by atoms with Crippen LogP contribution < -0.4 is 16.0 Å². The molecule has 5 heteroatoms. The minimum Gasteiger partial charge on any atom is -0.394 e. The van der Waals surface area contributed by atoms with E-state index in [1.54, 1.807) is 0 Å². The van der Waals surface area contributed by atoms with E-state index in [1.807, 2.05) is 18.2 Å². The molecule has 2 aliphatic heterocycles. The van der Waals surface area contributed by atoms with Gasteiger partial charge in [0.2, 0.25) is 0 Å². The van der Waals surface area contributed by atoms with Crippen LogP contribution in [-0.2, 0) is 0 Å². The summed E-state index contributed by atoms with van der Waals surface area (Å²) in [5.41, 5.74) is 1.24. The zero-order valence-electron chi connectivity index (χ0n) is 12.4. The van der Waals surface area contributed by atoms with Crippen LogP contribution in [0.2, 0.25) is 0 Å². The number of nitrogens with one attached hydrogen (secondary N) is 3. The lowest BCUT2D eigenvalue weighted by molar-refractivity contribution is 0.238. The van der Waals surface area contributed by atoms with Gasteiger partial charge in [0.05, 0.1) is 25.5 Å². The number of benzene rings is 1. The fraction of sp³-hybridized carbons (Fsp3) is 0.562. The Morgan fingerprint density at radius 3 is 2.90 bits per heavy atom. The minimum atomic E-state index is -0.00880. The fourth-order valence-electron chi connectivity index (χ4n) is 3.22. The summed E-state index contributed by atoms with van der Waals surface area (Å²) >= 11 is 0. The molecule has 5 nitrogen and oxygen atoms in total. The van der Waals surface area contributed by atoms with Gasteiger partial charge in [-0.25, -0.2) is 0 Å². The van der Waals surface area contributed by atoms with Crippen LogP contribution in [0.25, 0.3) is 0 Å². The van der Waals surface area contributed by atoms with E-state index in [-0.39, 0.29) is 18.6 Å². The molecule has 21 heavy (non-hydrogen) atoms. The second-order valence-corrected chi connectivity index (χ2v) is 5.87. The Bertz CT molecular complexity index is 490. The molecule has 1 fully saturated rings. The number of hydrogen-bond acceptors (Lipinski definition) is 5. The first-order chi connectivity index (χ1) is 10.3. The third-order valence-corrected chi connectivity index (χ3v) is 4.59. The van der Waals surface area contributed by atoms with Crippen LogP contribution in [-0.4, -0.2) is 43.0 Å². The molecule has 3 rings (SSSR count). The lowest BCUT2D eigenvalue weighted by atomic mass is 9.92. The summed E-state index contributed by atoms with van der Waals surface area (Å²) in [6.45, 7) is 3.90. The summed E-state index contributed by atoms with van der Waals surface area (Å²) in [4.78, 5) is 4.58. The van der Waals surface area contributed by atoms with E-state index in [0.29, 0.717) is 18.8 Å². The molecule has 4 N–H and O–H groups in total. The highest BCUT2D eigenvalue weighted by Gasteiger charge is 2.34. The molecule has 0 aromatic heterocycles. The molecule has 1 aromatic rings. The van der Waals surface area contributed by atoms with E-state index in [4.69, 9.17) is 0 Å². The lowest BCUT2D eigenvalue weighted by Crippen LogP contribution is -2.54. The molecule has 114 valence electrons. The Labute approximate surface area is 125 Å². The van der Waals surface area contributed by atoms with Gasteiger partial charge in [-0.3, -0.25) is 10.3 Å². The molecule has 1 aromatic carbocycles. The van der Waals surface area contributed by atoms with Gasteiger partial charge in [0.1, 0.15) is 5.84 Å². The molecule has 4 atom stereocenters. The largest absolute Gasteiger partial charge is 0.394 e. The number of aliphatic hydroxyl groups excluding tert-OH is 1. The molecular weight excluding hydrogens is 264 g/mol. The van der Waals surface area contributed by atoms with Crippen molar-refractivity contribution in [2.75, 3.05) is 19.8 Å². The quantitative estimate of drug-likeness (QED) is 0.656. The summed E-state index contributed by atoms with van der Waals surface area (Å²) in [5.74, 6) is 1.66. The first-order valence-corrected chi connectivity index (χ1v) is 7.73. The molecule has 0 radical (unpaired) electrons. The minimum absolute atomic E-state index is 0.00880. The van der Waals surface area contributed by atoms with Gasteiger partial charge in [-0.15, -0.1) is 0 Å². The Balaban J connectivity index is 1.71. The van der Waals surface area contributed by atoms with Crippen molar-refractivity contribution < 1.29 is 5.11 Å². The first kappa shape index (κ1) is 14.5. The zero-order valence-corrected chi connectivity index (χ0v) is 12.4. The summed E-state index contributed by atoms with van der Waals surface area (Å²) in [6.07, 6.45) is 1.40. The maximum Gasteiger partial charge on any atom is 0.104 e. The molecule has 0 amide bonds. The van der Waals surface area contributed by atoms with Gasteiger partial charge in [0, 0.05) is 11.8 Å². The molecule has 1 saturated heterocycles. The summed E-state index contributed by atoms with van der Waals surface area (Å²) < 4.78 is 0. The Hall–Kier alpha value is -1.43. The van der Waals surface area contributed by atoms with Crippen LogP contribution in [0.3, 0.4) is 0 Å². The maximum atomic E-state index is 9.78. The second-order valence-electron chi connectivity index (χ2n) is 5.87. The SMILES string of the molecule is CC(c1ccccc1)C(CO)NC1=NCNC2NCCC12. The predicted octanol–water partition coefficient (Wildman–Crippen LogP) is 0.635. The highest BCUT2D eigenvalue weighted by Crippen LogP contribution is 2.22. The van der Waals surface area contributed by atoms with Crippen molar-refractivity contribution in [3.8, 4) is 0 Å². The van der Waals surface area contributed by atoms with Crippen molar-refractivity contribution in [2.24, 2.45) is 10.9 Å². The number of hydrogen-bond donors (Lipinski definition) is 4. The van der Waals surface area contributed by atoms with Crippen molar-refractivity contribution in [2.45, 2.75) is 31.5 Å². The van der Waals surface area contributed by atoms with Gasteiger partial charge < -0.3 is 15.7 Å². The van der Waals surface area contributed by atoms with E-state index in [9.17, 15) is 5.11 Å². The molecule has 0 saturated carbocycles. The van der Waals surface area contributed by atoms with Crippen molar-refractivity contribution in [1.29, 1.82) is 0 Å². The van der Waals surface area contributed by atoms with Gasteiger partial charge >= 0.3 is 0 Å². The van der Waals surface area contributed by atoms with Crippen LogP contribution in [0.4, 0.5) is 0 Å². The van der Waals surface area contributed by atoms with Crippen LogP contribution in [0.5, 0.6) is 0 Å². The summed E-state index contributed by atoms with van der Waals surface area (Å²) in [5, 5.41) is 20.1. The van der Waals surface area contributed by atoms with Crippen LogP contribution in [0.1, 0.15) is 24.8 Å².